The Balaban J connectivity index is 2.30. The molecule has 2 nitrogen and oxygen atoms in total. The number of aliphatic hydroxyl groups is 1. The molecule has 15 heavy (non-hydrogen) atoms. The molecular formula is C12H15FO2. The van der Waals surface area contributed by atoms with E-state index in [1.54, 1.807) is 19.2 Å². The first-order valence-corrected chi connectivity index (χ1v) is 5.12. The first-order chi connectivity index (χ1) is 7.19. The van der Waals surface area contributed by atoms with E-state index in [2.05, 4.69) is 0 Å². The average molecular weight is 210 g/mol. The van der Waals surface area contributed by atoms with Crippen molar-refractivity contribution < 1.29 is 14.2 Å². The van der Waals surface area contributed by atoms with Crippen LogP contribution >= 0.6 is 0 Å². The third-order valence-electron chi connectivity index (χ3n) is 3.25. The van der Waals surface area contributed by atoms with Gasteiger partial charge in [-0.15, -0.1) is 0 Å². The van der Waals surface area contributed by atoms with Gasteiger partial charge in [-0.25, -0.2) is 4.39 Å². The normalized spacial score (nSPS) is 25.0. The molecule has 1 atom stereocenters. The van der Waals surface area contributed by atoms with E-state index in [1.807, 2.05) is 0 Å². The van der Waals surface area contributed by atoms with Gasteiger partial charge in [-0.1, -0.05) is 6.07 Å². The second kappa shape index (κ2) is 3.91. The molecule has 0 amide bonds. The van der Waals surface area contributed by atoms with Gasteiger partial charge in [0.15, 0.2) is 0 Å². The molecule has 0 radical (unpaired) electrons. The van der Waals surface area contributed by atoms with Gasteiger partial charge >= 0.3 is 0 Å². The van der Waals surface area contributed by atoms with E-state index in [9.17, 15) is 9.50 Å². The Morgan fingerprint density at radius 3 is 2.93 bits per heavy atom. The summed E-state index contributed by atoms with van der Waals surface area (Å²) in [6, 6.07) is 4.82. The second-order valence-electron chi connectivity index (χ2n) is 4.14. The van der Waals surface area contributed by atoms with Gasteiger partial charge in [0.25, 0.3) is 0 Å². The number of hydrogen-bond donors (Lipinski definition) is 1. The highest BCUT2D eigenvalue weighted by Crippen LogP contribution is 2.31. The molecule has 1 aliphatic rings. The standard InChI is InChI=1S/C12H15FO2/c1-15-12(8-14)5-4-9-6-11(13)3-2-10(9)7-12/h2-3,6,14H,4-5,7-8H2,1H3. The number of methoxy groups -OCH3 is 1. The minimum absolute atomic E-state index is 0.0142. The SMILES string of the molecule is COC1(CO)CCc2cc(F)ccc2C1. The lowest BCUT2D eigenvalue weighted by molar-refractivity contribution is -0.0607. The summed E-state index contributed by atoms with van der Waals surface area (Å²) in [5.74, 6) is -0.192. The van der Waals surface area contributed by atoms with Gasteiger partial charge in [0.1, 0.15) is 5.82 Å². The fraction of sp³-hybridized carbons (Fsp3) is 0.500. The number of ether oxygens (including phenoxy) is 1. The van der Waals surface area contributed by atoms with Crippen molar-refractivity contribution in [2.45, 2.75) is 24.9 Å². The lowest BCUT2D eigenvalue weighted by Crippen LogP contribution is -2.41. The Bertz CT molecular complexity index is 359. The van der Waals surface area contributed by atoms with Crippen molar-refractivity contribution in [2.24, 2.45) is 0 Å². The van der Waals surface area contributed by atoms with Crippen LogP contribution in [-0.4, -0.2) is 24.4 Å². The van der Waals surface area contributed by atoms with E-state index in [-0.39, 0.29) is 12.4 Å². The molecule has 1 aromatic carbocycles. The van der Waals surface area contributed by atoms with Crippen LogP contribution in [0, 0.1) is 5.82 Å². The van der Waals surface area contributed by atoms with Crippen molar-refractivity contribution in [1.29, 1.82) is 0 Å². The highest BCUT2D eigenvalue weighted by Gasteiger charge is 2.33. The zero-order chi connectivity index (χ0) is 10.9. The third-order valence-corrected chi connectivity index (χ3v) is 3.25. The van der Waals surface area contributed by atoms with Crippen molar-refractivity contribution >= 4 is 0 Å². The molecule has 1 aromatic rings. The van der Waals surface area contributed by atoms with Crippen LogP contribution < -0.4 is 0 Å². The maximum Gasteiger partial charge on any atom is 0.123 e. The van der Waals surface area contributed by atoms with Crippen LogP contribution in [0.1, 0.15) is 17.5 Å². The van der Waals surface area contributed by atoms with Crippen LogP contribution in [0.5, 0.6) is 0 Å². The quantitative estimate of drug-likeness (QED) is 0.805. The molecular weight excluding hydrogens is 195 g/mol. The smallest absolute Gasteiger partial charge is 0.123 e. The van der Waals surface area contributed by atoms with E-state index in [0.717, 1.165) is 24.0 Å². The summed E-state index contributed by atoms with van der Waals surface area (Å²) >= 11 is 0. The van der Waals surface area contributed by atoms with Gasteiger partial charge < -0.3 is 9.84 Å². The molecule has 0 spiro atoms. The van der Waals surface area contributed by atoms with Crippen molar-refractivity contribution in [3.8, 4) is 0 Å². The summed E-state index contributed by atoms with van der Waals surface area (Å²) in [5, 5.41) is 9.32. The van der Waals surface area contributed by atoms with Gasteiger partial charge in [0, 0.05) is 13.5 Å². The Labute approximate surface area is 88.7 Å². The van der Waals surface area contributed by atoms with Crippen molar-refractivity contribution in [3.05, 3.63) is 35.1 Å². The number of benzene rings is 1. The third kappa shape index (κ3) is 1.90. The van der Waals surface area contributed by atoms with Gasteiger partial charge in [-0.05, 0) is 36.1 Å². The number of rotatable bonds is 2. The molecule has 0 fully saturated rings. The lowest BCUT2D eigenvalue weighted by atomic mass is 9.81. The fourth-order valence-electron chi connectivity index (χ4n) is 2.17. The Hall–Kier alpha value is -0.930. The molecule has 1 aliphatic carbocycles. The van der Waals surface area contributed by atoms with E-state index in [0.29, 0.717) is 6.42 Å². The number of fused-ring (bicyclic) bond motifs is 1. The lowest BCUT2D eigenvalue weighted by Gasteiger charge is -2.35. The number of aryl methyl sites for hydroxylation is 1. The minimum atomic E-state index is -0.467. The van der Waals surface area contributed by atoms with Gasteiger partial charge in [-0.2, -0.15) is 0 Å². The summed E-state index contributed by atoms with van der Waals surface area (Å²) in [6.45, 7) is 0.0142. The molecule has 0 aromatic heterocycles. The zero-order valence-electron chi connectivity index (χ0n) is 8.79. The average Bonchev–Trinajstić information content (AvgIpc) is 2.28. The molecule has 3 heteroatoms. The topological polar surface area (TPSA) is 29.5 Å². The number of hydrogen-bond acceptors (Lipinski definition) is 2. The first kappa shape index (κ1) is 10.6. The highest BCUT2D eigenvalue weighted by molar-refractivity contribution is 5.32. The maximum atomic E-state index is 13.0. The van der Waals surface area contributed by atoms with Crippen LogP contribution in [0.3, 0.4) is 0 Å². The number of halogens is 1. The zero-order valence-corrected chi connectivity index (χ0v) is 8.79. The van der Waals surface area contributed by atoms with Crippen molar-refractivity contribution in [2.75, 3.05) is 13.7 Å². The molecule has 1 unspecified atom stereocenters. The molecule has 82 valence electrons. The number of aliphatic hydroxyl groups excluding tert-OH is 1. The molecule has 0 saturated heterocycles. The Morgan fingerprint density at radius 1 is 1.47 bits per heavy atom. The van der Waals surface area contributed by atoms with Crippen molar-refractivity contribution in [1.82, 2.24) is 0 Å². The van der Waals surface area contributed by atoms with E-state index in [1.165, 1.54) is 6.07 Å². The van der Waals surface area contributed by atoms with E-state index >= 15 is 0 Å². The summed E-state index contributed by atoms with van der Waals surface area (Å²) in [4.78, 5) is 0. The summed E-state index contributed by atoms with van der Waals surface area (Å²) in [7, 11) is 1.62. The van der Waals surface area contributed by atoms with Gasteiger partial charge in [-0.3, -0.25) is 0 Å². The highest BCUT2D eigenvalue weighted by atomic mass is 19.1. The van der Waals surface area contributed by atoms with Crippen LogP contribution in [0.25, 0.3) is 0 Å². The molecule has 0 bridgehead atoms. The molecule has 0 saturated carbocycles. The summed E-state index contributed by atoms with van der Waals surface area (Å²) < 4.78 is 18.3. The largest absolute Gasteiger partial charge is 0.393 e. The first-order valence-electron chi connectivity index (χ1n) is 5.12. The molecule has 1 N–H and O–H groups in total. The van der Waals surface area contributed by atoms with Crippen LogP contribution in [0.4, 0.5) is 4.39 Å². The van der Waals surface area contributed by atoms with Crippen LogP contribution in [0.15, 0.2) is 18.2 Å². The molecule has 0 heterocycles. The van der Waals surface area contributed by atoms with E-state index in [4.69, 9.17) is 4.74 Å². The summed E-state index contributed by atoms with van der Waals surface area (Å²) in [5.41, 5.74) is 1.65. The van der Waals surface area contributed by atoms with Crippen molar-refractivity contribution in [3.63, 3.8) is 0 Å². The monoisotopic (exact) mass is 210 g/mol. The Morgan fingerprint density at radius 2 is 2.27 bits per heavy atom. The summed E-state index contributed by atoms with van der Waals surface area (Å²) in [6.07, 6.45) is 2.17. The predicted molar refractivity (Wildman–Crippen MR) is 55.3 cm³/mol. The van der Waals surface area contributed by atoms with Gasteiger partial charge in [0.2, 0.25) is 0 Å². The second-order valence-corrected chi connectivity index (χ2v) is 4.14. The molecule has 0 aliphatic heterocycles. The van der Waals surface area contributed by atoms with Crippen LogP contribution in [0.2, 0.25) is 0 Å². The molecule has 2 rings (SSSR count). The fourth-order valence-corrected chi connectivity index (χ4v) is 2.17. The Kier molecular flexibility index (Phi) is 2.76. The predicted octanol–water partition coefficient (Wildman–Crippen LogP) is 1.69. The van der Waals surface area contributed by atoms with E-state index < -0.39 is 5.60 Å². The minimum Gasteiger partial charge on any atom is -0.393 e. The van der Waals surface area contributed by atoms with Crippen LogP contribution in [-0.2, 0) is 17.6 Å². The van der Waals surface area contributed by atoms with Gasteiger partial charge in [0.05, 0.1) is 12.2 Å². The maximum absolute atomic E-state index is 13.0.